The summed E-state index contributed by atoms with van der Waals surface area (Å²) < 4.78 is 20.3. The number of fused-ring (bicyclic) bond motifs is 1. The zero-order chi connectivity index (χ0) is 24.9. The number of aromatic nitrogens is 5. The molecule has 0 atom stereocenters. The van der Waals surface area contributed by atoms with Crippen LogP contribution in [0.1, 0.15) is 5.56 Å². The third-order valence-corrected chi connectivity index (χ3v) is 5.48. The van der Waals surface area contributed by atoms with E-state index in [9.17, 15) is 9.18 Å². The van der Waals surface area contributed by atoms with Crippen LogP contribution in [-0.2, 0) is 17.8 Å². The summed E-state index contributed by atoms with van der Waals surface area (Å²) in [7, 11) is 0. The van der Waals surface area contributed by atoms with E-state index in [0.29, 0.717) is 46.9 Å². The second-order valence-electron chi connectivity index (χ2n) is 7.99. The SMILES string of the molecule is Nc1ncnc2c1c(-c1ccc(Oc3ccccc3)nc1)nn2CC(=O)NCCc1ccc(F)cc1. The van der Waals surface area contributed by atoms with Gasteiger partial charge in [0.15, 0.2) is 5.65 Å². The Kier molecular flexibility index (Phi) is 6.48. The number of anilines is 1. The quantitative estimate of drug-likeness (QED) is 0.345. The first-order valence-corrected chi connectivity index (χ1v) is 11.2. The van der Waals surface area contributed by atoms with E-state index in [2.05, 4.69) is 25.4 Å². The van der Waals surface area contributed by atoms with E-state index in [-0.39, 0.29) is 24.1 Å². The molecule has 1 amide bonds. The molecule has 0 aliphatic heterocycles. The summed E-state index contributed by atoms with van der Waals surface area (Å²) >= 11 is 0. The highest BCUT2D eigenvalue weighted by Gasteiger charge is 2.19. The highest BCUT2D eigenvalue weighted by molar-refractivity contribution is 5.98. The lowest BCUT2D eigenvalue weighted by molar-refractivity contribution is -0.121. The van der Waals surface area contributed by atoms with Gasteiger partial charge in [0, 0.05) is 24.4 Å². The average Bonchev–Trinajstić information content (AvgIpc) is 3.26. The van der Waals surface area contributed by atoms with Crippen molar-refractivity contribution in [2.75, 3.05) is 12.3 Å². The van der Waals surface area contributed by atoms with E-state index in [4.69, 9.17) is 10.5 Å². The summed E-state index contributed by atoms with van der Waals surface area (Å²) in [6, 6.07) is 19.1. The largest absolute Gasteiger partial charge is 0.439 e. The van der Waals surface area contributed by atoms with Crippen molar-refractivity contribution in [3.05, 3.63) is 90.6 Å². The van der Waals surface area contributed by atoms with Crippen LogP contribution in [0.2, 0.25) is 0 Å². The molecule has 0 radical (unpaired) electrons. The molecule has 3 N–H and O–H groups in total. The van der Waals surface area contributed by atoms with Gasteiger partial charge in [0.05, 0.1) is 5.39 Å². The summed E-state index contributed by atoms with van der Waals surface area (Å²) in [5, 5.41) is 7.99. The van der Waals surface area contributed by atoms with Gasteiger partial charge in [-0.05, 0) is 42.3 Å². The Morgan fingerprint density at radius 2 is 1.81 bits per heavy atom. The molecule has 10 heteroatoms. The van der Waals surface area contributed by atoms with E-state index >= 15 is 0 Å². The number of rotatable bonds is 8. The Labute approximate surface area is 205 Å². The maximum absolute atomic E-state index is 13.1. The molecule has 0 bridgehead atoms. The van der Waals surface area contributed by atoms with Crippen LogP contribution in [0.5, 0.6) is 11.6 Å². The predicted octanol–water partition coefficient (Wildman–Crippen LogP) is 3.76. The van der Waals surface area contributed by atoms with Crippen molar-refractivity contribution < 1.29 is 13.9 Å². The Hall–Kier alpha value is -4.86. The molecule has 3 aromatic heterocycles. The fourth-order valence-corrected chi connectivity index (χ4v) is 3.72. The molecule has 0 saturated carbocycles. The minimum Gasteiger partial charge on any atom is -0.439 e. The van der Waals surface area contributed by atoms with Gasteiger partial charge in [-0.1, -0.05) is 30.3 Å². The van der Waals surface area contributed by atoms with Crippen molar-refractivity contribution in [1.82, 2.24) is 30.0 Å². The van der Waals surface area contributed by atoms with Crippen molar-refractivity contribution in [2.45, 2.75) is 13.0 Å². The van der Waals surface area contributed by atoms with Gasteiger partial charge in [-0.15, -0.1) is 0 Å². The summed E-state index contributed by atoms with van der Waals surface area (Å²) in [5.41, 5.74) is 8.71. The van der Waals surface area contributed by atoms with Crippen LogP contribution in [0.25, 0.3) is 22.3 Å². The normalized spacial score (nSPS) is 10.9. The smallest absolute Gasteiger partial charge is 0.241 e. The molecular weight excluding hydrogens is 461 g/mol. The number of nitrogens with one attached hydrogen (secondary N) is 1. The van der Waals surface area contributed by atoms with E-state index in [1.54, 1.807) is 24.4 Å². The number of ether oxygens (including phenoxy) is 1. The highest BCUT2D eigenvalue weighted by Crippen LogP contribution is 2.30. The summed E-state index contributed by atoms with van der Waals surface area (Å²) in [4.78, 5) is 25.4. The number of nitrogen functional groups attached to an aromatic ring is 1. The standard InChI is InChI=1S/C26H22FN7O2/c27-19-9-6-17(7-10-19)12-13-29-21(35)15-34-26-23(25(28)31-16-32-26)24(33-34)18-8-11-22(30-14-18)36-20-4-2-1-3-5-20/h1-11,14,16H,12-13,15H2,(H,29,35)(H2,28,31,32). The molecule has 5 rings (SSSR count). The topological polar surface area (TPSA) is 121 Å². The minimum atomic E-state index is -0.293. The summed E-state index contributed by atoms with van der Waals surface area (Å²) in [5.74, 6) is 0.825. The number of halogens is 1. The maximum Gasteiger partial charge on any atom is 0.241 e. The Bertz CT molecular complexity index is 1490. The molecule has 0 fully saturated rings. The predicted molar refractivity (Wildman–Crippen MR) is 133 cm³/mol. The number of benzene rings is 2. The van der Waals surface area contributed by atoms with Gasteiger partial charge < -0.3 is 15.8 Å². The van der Waals surface area contributed by atoms with E-state index < -0.39 is 0 Å². The highest BCUT2D eigenvalue weighted by atomic mass is 19.1. The first-order chi connectivity index (χ1) is 17.6. The lowest BCUT2D eigenvalue weighted by Crippen LogP contribution is -2.29. The first kappa shape index (κ1) is 22.9. The third kappa shape index (κ3) is 5.12. The van der Waals surface area contributed by atoms with E-state index in [1.807, 2.05) is 36.4 Å². The van der Waals surface area contributed by atoms with Crippen molar-refractivity contribution in [3.8, 4) is 22.9 Å². The van der Waals surface area contributed by atoms with Crippen LogP contribution in [0.15, 0.2) is 79.3 Å². The van der Waals surface area contributed by atoms with Crippen LogP contribution in [0.3, 0.4) is 0 Å². The number of nitrogens with two attached hydrogens (primary N) is 1. The fraction of sp³-hybridized carbons (Fsp3) is 0.115. The molecule has 0 aliphatic rings. The average molecular weight is 484 g/mol. The Morgan fingerprint density at radius 3 is 2.56 bits per heavy atom. The molecule has 36 heavy (non-hydrogen) atoms. The Morgan fingerprint density at radius 1 is 1.00 bits per heavy atom. The number of nitrogens with zero attached hydrogens (tertiary/aromatic N) is 5. The molecule has 0 aliphatic carbocycles. The number of pyridine rings is 1. The van der Waals surface area contributed by atoms with Gasteiger partial charge in [0.25, 0.3) is 0 Å². The van der Waals surface area contributed by atoms with Gasteiger partial charge >= 0.3 is 0 Å². The molecule has 2 aromatic carbocycles. The molecule has 3 heterocycles. The maximum atomic E-state index is 13.1. The van der Waals surface area contributed by atoms with Crippen LogP contribution >= 0.6 is 0 Å². The Balaban J connectivity index is 1.32. The molecule has 0 unspecified atom stereocenters. The number of amides is 1. The summed E-state index contributed by atoms with van der Waals surface area (Å²) in [6.45, 7) is 0.347. The number of carbonyl (C=O) groups is 1. The van der Waals surface area contributed by atoms with Crippen LogP contribution in [0, 0.1) is 5.82 Å². The lowest BCUT2D eigenvalue weighted by Gasteiger charge is -2.06. The molecule has 0 saturated heterocycles. The number of carbonyl (C=O) groups excluding carboxylic acids is 1. The van der Waals surface area contributed by atoms with Gasteiger partial charge in [0.1, 0.15) is 36.0 Å². The zero-order valence-electron chi connectivity index (χ0n) is 19.1. The monoisotopic (exact) mass is 483 g/mol. The van der Waals surface area contributed by atoms with Crippen LogP contribution in [-0.4, -0.2) is 37.2 Å². The number of hydrogen-bond acceptors (Lipinski definition) is 7. The first-order valence-electron chi connectivity index (χ1n) is 11.2. The molecule has 0 spiro atoms. The second-order valence-corrected chi connectivity index (χ2v) is 7.99. The molecule has 5 aromatic rings. The van der Waals surface area contributed by atoms with Crippen molar-refractivity contribution in [2.24, 2.45) is 0 Å². The molecule has 180 valence electrons. The van der Waals surface area contributed by atoms with Crippen molar-refractivity contribution in [1.29, 1.82) is 0 Å². The number of para-hydroxylation sites is 1. The number of hydrogen-bond donors (Lipinski definition) is 2. The van der Waals surface area contributed by atoms with Gasteiger partial charge in [-0.3, -0.25) is 4.79 Å². The van der Waals surface area contributed by atoms with E-state index in [0.717, 1.165) is 5.56 Å². The zero-order valence-corrected chi connectivity index (χ0v) is 19.1. The minimum absolute atomic E-state index is 0.0565. The molecule has 9 nitrogen and oxygen atoms in total. The van der Waals surface area contributed by atoms with Crippen LogP contribution in [0.4, 0.5) is 10.2 Å². The summed E-state index contributed by atoms with van der Waals surface area (Å²) in [6.07, 6.45) is 3.54. The second kappa shape index (κ2) is 10.2. The van der Waals surface area contributed by atoms with Crippen molar-refractivity contribution >= 4 is 22.8 Å². The van der Waals surface area contributed by atoms with E-state index in [1.165, 1.54) is 23.1 Å². The van der Waals surface area contributed by atoms with Crippen molar-refractivity contribution in [3.63, 3.8) is 0 Å². The van der Waals surface area contributed by atoms with Crippen LogP contribution < -0.4 is 15.8 Å². The third-order valence-electron chi connectivity index (χ3n) is 5.48. The van der Waals surface area contributed by atoms with Gasteiger partial charge in [-0.2, -0.15) is 5.10 Å². The fourth-order valence-electron chi connectivity index (χ4n) is 3.72. The molecular formula is C26H22FN7O2. The van der Waals surface area contributed by atoms with Gasteiger partial charge in [0.2, 0.25) is 11.8 Å². The lowest BCUT2D eigenvalue weighted by atomic mass is 10.1. The van der Waals surface area contributed by atoms with Gasteiger partial charge in [-0.25, -0.2) is 24.0 Å².